The lowest BCUT2D eigenvalue weighted by Gasteiger charge is -2.09. The van der Waals surface area contributed by atoms with Gasteiger partial charge in [0.15, 0.2) is 0 Å². The Labute approximate surface area is 125 Å². The molecule has 0 radical (unpaired) electrons. The van der Waals surface area contributed by atoms with Crippen LogP contribution in [0.25, 0.3) is 10.8 Å². The summed E-state index contributed by atoms with van der Waals surface area (Å²) in [5, 5.41) is 5.04. The van der Waals surface area contributed by atoms with E-state index < -0.39 is 0 Å². The number of carbonyl (C=O) groups is 1. The smallest absolute Gasteiger partial charge is 0.256 e. The van der Waals surface area contributed by atoms with Gasteiger partial charge in [0.1, 0.15) is 0 Å². The van der Waals surface area contributed by atoms with Crippen LogP contribution < -0.4 is 5.32 Å². The highest BCUT2D eigenvalue weighted by Crippen LogP contribution is 2.28. The van der Waals surface area contributed by atoms with Crippen molar-refractivity contribution in [3.8, 4) is 0 Å². The third-order valence-corrected chi connectivity index (χ3v) is 3.99. The van der Waals surface area contributed by atoms with Gasteiger partial charge in [0, 0.05) is 10.2 Å². The van der Waals surface area contributed by atoms with Crippen LogP contribution in [0, 0.1) is 0 Å². The minimum atomic E-state index is -0.117. The second-order valence-corrected chi connectivity index (χ2v) is 5.26. The molecule has 3 heteroatoms. The van der Waals surface area contributed by atoms with Gasteiger partial charge in [-0.15, -0.1) is 0 Å². The van der Waals surface area contributed by atoms with Crippen LogP contribution in [0.1, 0.15) is 10.4 Å². The normalized spacial score (nSPS) is 10.4. The van der Waals surface area contributed by atoms with E-state index in [1.54, 1.807) is 0 Å². The van der Waals surface area contributed by atoms with Gasteiger partial charge < -0.3 is 5.32 Å². The highest BCUT2D eigenvalue weighted by molar-refractivity contribution is 9.10. The Hall–Kier alpha value is -2.13. The van der Waals surface area contributed by atoms with Crippen LogP contribution in [0.3, 0.4) is 0 Å². The minimum absolute atomic E-state index is 0.117. The highest BCUT2D eigenvalue weighted by atomic mass is 79.9. The van der Waals surface area contributed by atoms with Gasteiger partial charge in [-0.2, -0.15) is 0 Å². The largest absolute Gasteiger partial charge is 0.322 e. The number of carbonyl (C=O) groups excluding carboxylic acids is 1. The van der Waals surface area contributed by atoms with E-state index in [9.17, 15) is 4.79 Å². The van der Waals surface area contributed by atoms with Crippen molar-refractivity contribution in [2.24, 2.45) is 0 Å². The minimum Gasteiger partial charge on any atom is -0.322 e. The molecule has 0 unspecified atom stereocenters. The molecule has 0 fully saturated rings. The van der Waals surface area contributed by atoms with Crippen molar-refractivity contribution in [2.75, 3.05) is 5.32 Å². The van der Waals surface area contributed by atoms with Gasteiger partial charge in [-0.05, 0) is 44.9 Å². The second kappa shape index (κ2) is 5.47. The van der Waals surface area contributed by atoms with Crippen LogP contribution in [0.4, 0.5) is 5.69 Å². The van der Waals surface area contributed by atoms with Crippen molar-refractivity contribution < 1.29 is 4.79 Å². The summed E-state index contributed by atoms with van der Waals surface area (Å²) in [6, 6.07) is 21.2. The fourth-order valence-corrected chi connectivity index (χ4v) is 2.80. The fourth-order valence-electron chi connectivity index (χ4n) is 2.13. The molecule has 0 bridgehead atoms. The molecule has 0 atom stereocenters. The number of rotatable bonds is 2. The van der Waals surface area contributed by atoms with Gasteiger partial charge in [0.25, 0.3) is 5.91 Å². The van der Waals surface area contributed by atoms with Crippen molar-refractivity contribution in [1.82, 2.24) is 0 Å². The van der Waals surface area contributed by atoms with Crippen molar-refractivity contribution in [2.45, 2.75) is 0 Å². The molecule has 0 aliphatic carbocycles. The molecular formula is C17H12BrNO. The van der Waals surface area contributed by atoms with Gasteiger partial charge in [-0.1, -0.05) is 48.5 Å². The molecule has 0 aromatic heterocycles. The Morgan fingerprint density at radius 1 is 0.850 bits per heavy atom. The first kappa shape index (κ1) is 12.9. The molecule has 0 heterocycles. The summed E-state index contributed by atoms with van der Waals surface area (Å²) in [5.74, 6) is -0.117. The van der Waals surface area contributed by atoms with Crippen molar-refractivity contribution in [1.29, 1.82) is 0 Å². The van der Waals surface area contributed by atoms with Crippen molar-refractivity contribution in [3.05, 3.63) is 76.8 Å². The molecule has 1 amide bonds. The molecule has 0 aliphatic heterocycles. The molecule has 98 valence electrons. The van der Waals surface area contributed by atoms with Crippen molar-refractivity contribution >= 4 is 38.3 Å². The predicted octanol–water partition coefficient (Wildman–Crippen LogP) is 4.85. The van der Waals surface area contributed by atoms with E-state index in [1.807, 2.05) is 66.7 Å². The standard InChI is InChI=1S/C17H12BrNO/c18-16-14-9-5-4-6-12(14)10-11-15(16)17(20)19-13-7-2-1-3-8-13/h1-11H,(H,19,20). The second-order valence-electron chi connectivity index (χ2n) is 4.47. The number of anilines is 1. The SMILES string of the molecule is O=C(Nc1ccccc1)c1ccc2ccccc2c1Br. The Kier molecular flexibility index (Phi) is 3.52. The molecule has 0 spiro atoms. The molecule has 20 heavy (non-hydrogen) atoms. The maximum atomic E-state index is 12.3. The van der Waals surface area contributed by atoms with Crippen LogP contribution >= 0.6 is 15.9 Å². The predicted molar refractivity (Wildman–Crippen MR) is 86.0 cm³/mol. The van der Waals surface area contributed by atoms with E-state index in [0.29, 0.717) is 5.56 Å². The lowest BCUT2D eigenvalue weighted by molar-refractivity contribution is 0.102. The number of hydrogen-bond donors (Lipinski definition) is 1. The van der Waals surface area contributed by atoms with Crippen LogP contribution in [0.5, 0.6) is 0 Å². The summed E-state index contributed by atoms with van der Waals surface area (Å²) < 4.78 is 0.823. The van der Waals surface area contributed by atoms with Crippen LogP contribution in [-0.2, 0) is 0 Å². The molecule has 0 saturated carbocycles. The van der Waals surface area contributed by atoms with E-state index in [0.717, 1.165) is 20.9 Å². The number of amides is 1. The summed E-state index contributed by atoms with van der Waals surface area (Å²) >= 11 is 3.53. The Bertz CT molecular complexity index is 768. The van der Waals surface area contributed by atoms with Gasteiger partial charge in [-0.3, -0.25) is 4.79 Å². The summed E-state index contributed by atoms with van der Waals surface area (Å²) in [6.07, 6.45) is 0. The summed E-state index contributed by atoms with van der Waals surface area (Å²) in [4.78, 5) is 12.3. The van der Waals surface area contributed by atoms with E-state index in [1.165, 1.54) is 0 Å². The topological polar surface area (TPSA) is 29.1 Å². The highest BCUT2D eigenvalue weighted by Gasteiger charge is 2.12. The fraction of sp³-hybridized carbons (Fsp3) is 0. The first-order valence-corrected chi connectivity index (χ1v) is 7.08. The molecule has 3 aromatic rings. The lowest BCUT2D eigenvalue weighted by Crippen LogP contribution is -2.12. The van der Waals surface area contributed by atoms with Crippen molar-refractivity contribution in [3.63, 3.8) is 0 Å². The Balaban J connectivity index is 1.98. The van der Waals surface area contributed by atoms with Crippen LogP contribution in [0.2, 0.25) is 0 Å². The number of hydrogen-bond acceptors (Lipinski definition) is 1. The van der Waals surface area contributed by atoms with Gasteiger partial charge in [-0.25, -0.2) is 0 Å². The quantitative estimate of drug-likeness (QED) is 0.716. The molecule has 0 saturated heterocycles. The van der Waals surface area contributed by atoms with E-state index in [-0.39, 0.29) is 5.91 Å². The number of para-hydroxylation sites is 1. The Morgan fingerprint density at radius 3 is 2.35 bits per heavy atom. The zero-order chi connectivity index (χ0) is 13.9. The monoisotopic (exact) mass is 325 g/mol. The number of nitrogens with one attached hydrogen (secondary N) is 1. The summed E-state index contributed by atoms with van der Waals surface area (Å²) in [7, 11) is 0. The molecule has 3 aromatic carbocycles. The third kappa shape index (κ3) is 2.45. The van der Waals surface area contributed by atoms with Gasteiger partial charge in [0.05, 0.1) is 5.56 Å². The third-order valence-electron chi connectivity index (χ3n) is 3.14. The Morgan fingerprint density at radius 2 is 1.55 bits per heavy atom. The maximum absolute atomic E-state index is 12.3. The first-order chi connectivity index (χ1) is 9.75. The molecule has 2 nitrogen and oxygen atoms in total. The zero-order valence-electron chi connectivity index (χ0n) is 10.6. The number of benzene rings is 3. The summed E-state index contributed by atoms with van der Waals surface area (Å²) in [5.41, 5.74) is 1.42. The molecule has 3 rings (SSSR count). The van der Waals surface area contributed by atoms with Gasteiger partial charge >= 0.3 is 0 Å². The van der Waals surface area contributed by atoms with Crippen LogP contribution in [-0.4, -0.2) is 5.91 Å². The number of halogens is 1. The number of fused-ring (bicyclic) bond motifs is 1. The van der Waals surface area contributed by atoms with E-state index in [4.69, 9.17) is 0 Å². The molecule has 0 aliphatic rings. The maximum Gasteiger partial charge on any atom is 0.256 e. The van der Waals surface area contributed by atoms with Crippen LogP contribution in [0.15, 0.2) is 71.2 Å². The average molecular weight is 326 g/mol. The molecule has 1 N–H and O–H groups in total. The van der Waals surface area contributed by atoms with E-state index in [2.05, 4.69) is 21.2 Å². The molecular weight excluding hydrogens is 314 g/mol. The first-order valence-electron chi connectivity index (χ1n) is 6.29. The van der Waals surface area contributed by atoms with E-state index >= 15 is 0 Å². The lowest BCUT2D eigenvalue weighted by atomic mass is 10.1. The summed E-state index contributed by atoms with van der Waals surface area (Å²) in [6.45, 7) is 0. The van der Waals surface area contributed by atoms with Gasteiger partial charge in [0.2, 0.25) is 0 Å². The zero-order valence-corrected chi connectivity index (χ0v) is 12.2. The average Bonchev–Trinajstić information content (AvgIpc) is 2.49.